The van der Waals surface area contributed by atoms with Crippen LogP contribution in [0, 0.1) is 10.4 Å². The standard InChI is InChI=1S/C35H27N3O/c39-29-9-13-31-26(18-29)8-12-32-30-10-6-23(17-25(30)7-11-33(31)32)24-4-5-28-20-37-38(35(28)19-24)21-22-3-14-34-27(16-22)2-1-15-36-34/h1-8,10,12,14-20,29,39H,9,11,13,21H2. The van der Waals surface area contributed by atoms with Crippen LogP contribution in [0.3, 0.4) is 0 Å². The molecular weight excluding hydrogens is 478 g/mol. The first-order chi connectivity index (χ1) is 19.2. The Morgan fingerprint density at radius 1 is 0.821 bits per heavy atom. The van der Waals surface area contributed by atoms with Crippen LogP contribution in [0.2, 0.25) is 0 Å². The number of aliphatic hydroxyl groups is 1. The largest absolute Gasteiger partial charge is 0.389 e. The Balaban J connectivity index is 1.20. The van der Waals surface area contributed by atoms with Crippen molar-refractivity contribution in [2.45, 2.75) is 31.9 Å². The third-order valence-electron chi connectivity index (χ3n) is 8.38. The Hall–Kier alpha value is -4.54. The Bertz CT molecular complexity index is 2160. The van der Waals surface area contributed by atoms with Crippen LogP contribution >= 0.6 is 0 Å². The number of nitrogens with zero attached hydrogens (tertiary/aromatic N) is 3. The average molecular weight is 506 g/mol. The van der Waals surface area contributed by atoms with Crippen molar-refractivity contribution in [2.75, 3.05) is 0 Å². The van der Waals surface area contributed by atoms with Gasteiger partial charge in [-0.05, 0) is 104 Å². The fraction of sp³-hybridized carbons (Fsp3) is 0.143. The zero-order chi connectivity index (χ0) is 25.9. The number of hydrogen-bond acceptors (Lipinski definition) is 3. The highest BCUT2D eigenvalue weighted by atomic mass is 16.3. The summed E-state index contributed by atoms with van der Waals surface area (Å²) >= 11 is 0. The third kappa shape index (κ3) is 3.79. The number of benzene rings is 4. The number of hydrogen-bond donors (Lipinski definition) is 1. The van der Waals surface area contributed by atoms with Gasteiger partial charge in [0.05, 0.1) is 29.9 Å². The Morgan fingerprint density at radius 3 is 2.69 bits per heavy atom. The average Bonchev–Trinajstić information content (AvgIpc) is 3.38. The van der Waals surface area contributed by atoms with Crippen molar-refractivity contribution in [2.24, 2.45) is 0 Å². The molecule has 0 saturated carbocycles. The monoisotopic (exact) mass is 505 g/mol. The van der Waals surface area contributed by atoms with E-state index in [2.05, 4.69) is 88.5 Å². The summed E-state index contributed by atoms with van der Waals surface area (Å²) in [5.41, 5.74) is 8.60. The van der Waals surface area contributed by atoms with Crippen molar-refractivity contribution in [3.63, 3.8) is 0 Å². The maximum Gasteiger partial charge on any atom is 0.0732 e. The van der Waals surface area contributed by atoms with E-state index in [1.807, 2.05) is 24.5 Å². The van der Waals surface area contributed by atoms with E-state index in [0.29, 0.717) is 6.54 Å². The van der Waals surface area contributed by atoms with Crippen LogP contribution in [0.15, 0.2) is 91.3 Å². The molecule has 0 aliphatic heterocycles. The molecule has 2 aliphatic carbocycles. The van der Waals surface area contributed by atoms with Crippen molar-refractivity contribution in [1.82, 2.24) is 14.8 Å². The molecule has 0 spiro atoms. The SMILES string of the molecule is OC1C=c2ccc3c(c2CC1)CC=c1cc(-c2ccc4cnn(Cc5ccc6ncccc6c5)c4c2)ccc1=3. The van der Waals surface area contributed by atoms with Gasteiger partial charge in [0.1, 0.15) is 0 Å². The van der Waals surface area contributed by atoms with E-state index in [0.717, 1.165) is 41.1 Å². The maximum absolute atomic E-state index is 10.1. The quantitative estimate of drug-likeness (QED) is 0.368. The summed E-state index contributed by atoms with van der Waals surface area (Å²) in [7, 11) is 0. The number of aliphatic hydroxyl groups excluding tert-OH is 1. The van der Waals surface area contributed by atoms with Crippen molar-refractivity contribution >= 4 is 34.0 Å². The number of pyridine rings is 1. The van der Waals surface area contributed by atoms with E-state index in [4.69, 9.17) is 5.10 Å². The zero-order valence-electron chi connectivity index (χ0n) is 21.5. The molecule has 2 aromatic heterocycles. The first kappa shape index (κ1) is 22.4. The number of fused-ring (bicyclic) bond motifs is 6. The van der Waals surface area contributed by atoms with Gasteiger partial charge >= 0.3 is 0 Å². The van der Waals surface area contributed by atoms with Gasteiger partial charge in [0, 0.05) is 17.0 Å². The second kappa shape index (κ2) is 8.75. The molecule has 2 aliphatic rings. The van der Waals surface area contributed by atoms with E-state index in [9.17, 15) is 5.11 Å². The van der Waals surface area contributed by atoms with Gasteiger partial charge in [0.25, 0.3) is 0 Å². The van der Waals surface area contributed by atoms with Crippen LogP contribution in [0.4, 0.5) is 0 Å². The molecule has 0 radical (unpaired) electrons. The van der Waals surface area contributed by atoms with Gasteiger partial charge in [-0.3, -0.25) is 9.67 Å². The predicted octanol–water partition coefficient (Wildman–Crippen LogP) is 5.01. The van der Waals surface area contributed by atoms with Gasteiger partial charge in [0.15, 0.2) is 0 Å². The third-order valence-corrected chi connectivity index (χ3v) is 8.38. The van der Waals surface area contributed by atoms with Gasteiger partial charge in [-0.15, -0.1) is 0 Å². The van der Waals surface area contributed by atoms with Crippen molar-refractivity contribution in [3.8, 4) is 11.1 Å². The zero-order valence-corrected chi connectivity index (χ0v) is 21.5. The van der Waals surface area contributed by atoms with E-state index >= 15 is 0 Å². The minimum Gasteiger partial charge on any atom is -0.389 e. The Morgan fingerprint density at radius 2 is 1.72 bits per heavy atom. The lowest BCUT2D eigenvalue weighted by Gasteiger charge is -2.19. The van der Waals surface area contributed by atoms with E-state index in [-0.39, 0.29) is 6.10 Å². The highest BCUT2D eigenvalue weighted by Gasteiger charge is 2.15. The topological polar surface area (TPSA) is 50.9 Å². The molecule has 0 bridgehead atoms. The highest BCUT2D eigenvalue weighted by Crippen LogP contribution is 2.26. The number of rotatable bonds is 3. The lowest BCUT2D eigenvalue weighted by atomic mass is 9.87. The van der Waals surface area contributed by atoms with Crippen molar-refractivity contribution < 1.29 is 5.11 Å². The molecule has 4 aromatic carbocycles. The molecule has 6 aromatic rings. The molecule has 4 heteroatoms. The fourth-order valence-electron chi connectivity index (χ4n) is 6.37. The molecular formula is C35H27N3O. The molecule has 0 amide bonds. The molecule has 1 unspecified atom stereocenters. The molecule has 4 nitrogen and oxygen atoms in total. The normalized spacial score (nSPS) is 15.8. The highest BCUT2D eigenvalue weighted by molar-refractivity contribution is 5.85. The van der Waals surface area contributed by atoms with Gasteiger partial charge in [-0.2, -0.15) is 5.10 Å². The molecule has 1 atom stereocenters. The molecule has 1 N–H and O–H groups in total. The van der Waals surface area contributed by atoms with Crippen LogP contribution in [0.1, 0.15) is 23.1 Å². The molecule has 8 rings (SSSR count). The lowest BCUT2D eigenvalue weighted by Crippen LogP contribution is -2.24. The number of aromatic nitrogens is 3. The fourth-order valence-corrected chi connectivity index (χ4v) is 6.37. The van der Waals surface area contributed by atoms with Gasteiger partial charge in [-0.1, -0.05) is 54.6 Å². The first-order valence-electron chi connectivity index (χ1n) is 13.6. The van der Waals surface area contributed by atoms with Crippen LogP contribution in [0.25, 0.3) is 45.1 Å². The van der Waals surface area contributed by atoms with Crippen LogP contribution in [-0.4, -0.2) is 26.0 Å². The molecule has 39 heavy (non-hydrogen) atoms. The summed E-state index contributed by atoms with van der Waals surface area (Å²) in [4.78, 5) is 4.44. The minimum atomic E-state index is -0.323. The Labute approximate surface area is 225 Å². The maximum atomic E-state index is 10.1. The first-order valence-corrected chi connectivity index (χ1v) is 13.6. The molecule has 188 valence electrons. The van der Waals surface area contributed by atoms with Crippen molar-refractivity contribution in [3.05, 3.63) is 129 Å². The van der Waals surface area contributed by atoms with Crippen LogP contribution < -0.4 is 10.4 Å². The van der Waals surface area contributed by atoms with Gasteiger partial charge in [-0.25, -0.2) is 0 Å². The summed E-state index contributed by atoms with van der Waals surface area (Å²) < 4.78 is 2.09. The summed E-state index contributed by atoms with van der Waals surface area (Å²) in [6, 6.07) is 28.4. The van der Waals surface area contributed by atoms with Gasteiger partial charge in [0.2, 0.25) is 0 Å². The summed E-state index contributed by atoms with van der Waals surface area (Å²) in [6.45, 7) is 0.714. The Kier molecular flexibility index (Phi) is 5.04. The van der Waals surface area contributed by atoms with E-state index < -0.39 is 0 Å². The second-order valence-corrected chi connectivity index (χ2v) is 10.7. The van der Waals surface area contributed by atoms with Gasteiger partial charge < -0.3 is 5.11 Å². The van der Waals surface area contributed by atoms with E-state index in [1.54, 1.807) is 0 Å². The minimum absolute atomic E-state index is 0.323. The second-order valence-electron chi connectivity index (χ2n) is 10.7. The van der Waals surface area contributed by atoms with Crippen molar-refractivity contribution in [1.29, 1.82) is 0 Å². The summed E-state index contributed by atoms with van der Waals surface area (Å²) in [6.07, 6.45) is 10.5. The molecule has 0 fully saturated rings. The predicted molar refractivity (Wildman–Crippen MR) is 156 cm³/mol. The summed E-state index contributed by atoms with van der Waals surface area (Å²) in [5, 5.41) is 22.2. The van der Waals surface area contributed by atoms with E-state index in [1.165, 1.54) is 48.7 Å². The smallest absolute Gasteiger partial charge is 0.0732 e. The lowest BCUT2D eigenvalue weighted by molar-refractivity contribution is 0.224. The molecule has 2 heterocycles. The van der Waals surface area contributed by atoms with Crippen LogP contribution in [-0.2, 0) is 19.4 Å². The molecule has 0 saturated heterocycles. The summed E-state index contributed by atoms with van der Waals surface area (Å²) in [5.74, 6) is 0. The van der Waals surface area contributed by atoms with Crippen LogP contribution in [0.5, 0.6) is 0 Å².